The molecule has 0 unspecified atom stereocenters. The number of hydrogen-bond donors (Lipinski definition) is 1. The maximum absolute atomic E-state index is 12.5. The maximum Gasteiger partial charge on any atom is 0.261 e. The van der Waals surface area contributed by atoms with Gasteiger partial charge >= 0.3 is 0 Å². The van der Waals surface area contributed by atoms with Crippen molar-refractivity contribution in [1.82, 2.24) is 9.61 Å². The van der Waals surface area contributed by atoms with Gasteiger partial charge in [0.05, 0.1) is 23.2 Å². The van der Waals surface area contributed by atoms with Crippen LogP contribution in [0.15, 0.2) is 53.7 Å². The molecule has 0 aliphatic carbocycles. The maximum atomic E-state index is 12.5. The van der Waals surface area contributed by atoms with Crippen LogP contribution in [0.2, 0.25) is 0 Å². The summed E-state index contributed by atoms with van der Waals surface area (Å²) in [6.07, 6.45) is 3.35. The third kappa shape index (κ3) is 2.62. The van der Waals surface area contributed by atoms with Gasteiger partial charge in [0.15, 0.2) is 0 Å². The summed E-state index contributed by atoms with van der Waals surface area (Å²) >= 11 is 0. The van der Waals surface area contributed by atoms with Gasteiger partial charge in [-0.05, 0) is 48.9 Å². The Hall–Kier alpha value is -2.54. The normalized spacial score (nSPS) is 11.5. The van der Waals surface area contributed by atoms with Gasteiger partial charge in [0.25, 0.3) is 10.0 Å². The molecule has 0 aliphatic rings. The highest BCUT2D eigenvalue weighted by Gasteiger charge is 2.16. The van der Waals surface area contributed by atoms with E-state index in [-0.39, 0.29) is 4.90 Å². The number of benzene rings is 1. The Morgan fingerprint density at radius 2 is 2.00 bits per heavy atom. The predicted octanol–water partition coefficient (Wildman–Crippen LogP) is 2.45. The van der Waals surface area contributed by atoms with Crippen molar-refractivity contribution in [2.75, 3.05) is 11.8 Å². The van der Waals surface area contributed by atoms with E-state index in [1.54, 1.807) is 61.3 Å². The van der Waals surface area contributed by atoms with Crippen LogP contribution in [0.4, 0.5) is 5.69 Å². The third-order valence-corrected chi connectivity index (χ3v) is 4.71. The number of nitrogens with zero attached hydrogens (tertiary/aromatic N) is 2. The first kappa shape index (κ1) is 14.4. The first-order chi connectivity index (χ1) is 10.5. The first-order valence-electron chi connectivity index (χ1n) is 6.60. The Kier molecular flexibility index (Phi) is 3.50. The highest BCUT2D eigenvalue weighted by molar-refractivity contribution is 7.92. The summed E-state index contributed by atoms with van der Waals surface area (Å²) in [6.45, 7) is 1.80. The summed E-state index contributed by atoms with van der Waals surface area (Å²) < 4.78 is 34.3. The van der Waals surface area contributed by atoms with Gasteiger partial charge in [-0.3, -0.25) is 4.72 Å². The molecule has 1 aromatic carbocycles. The van der Waals surface area contributed by atoms with Crippen LogP contribution in [-0.2, 0) is 10.0 Å². The summed E-state index contributed by atoms with van der Waals surface area (Å²) in [6, 6.07) is 9.93. The lowest BCUT2D eigenvalue weighted by molar-refractivity contribution is 0.411. The molecule has 0 fully saturated rings. The van der Waals surface area contributed by atoms with Crippen molar-refractivity contribution in [2.45, 2.75) is 11.8 Å². The van der Waals surface area contributed by atoms with E-state index in [4.69, 9.17) is 4.74 Å². The predicted molar refractivity (Wildman–Crippen MR) is 83.7 cm³/mol. The van der Waals surface area contributed by atoms with Crippen molar-refractivity contribution in [2.24, 2.45) is 0 Å². The molecule has 7 heteroatoms. The molecule has 2 heterocycles. The standard InChI is InChI=1S/C15H15N3O3S/c1-11-9-14(3-4-15(11)21-2)22(19,20)17-12-6-8-18-13(10-12)5-7-16-18/h3-10,17H,1-2H3. The minimum atomic E-state index is -3.65. The fourth-order valence-corrected chi connectivity index (χ4v) is 3.35. The van der Waals surface area contributed by atoms with E-state index >= 15 is 0 Å². The fraction of sp³-hybridized carbons (Fsp3) is 0.133. The first-order valence-corrected chi connectivity index (χ1v) is 8.09. The Bertz CT molecular complexity index is 932. The largest absolute Gasteiger partial charge is 0.496 e. The molecule has 114 valence electrons. The molecule has 0 bridgehead atoms. The van der Waals surface area contributed by atoms with Crippen LogP contribution in [0.1, 0.15) is 5.56 Å². The molecule has 3 aromatic rings. The van der Waals surface area contributed by atoms with Crippen molar-refractivity contribution in [1.29, 1.82) is 0 Å². The molecular weight excluding hydrogens is 302 g/mol. The summed E-state index contributed by atoms with van der Waals surface area (Å²) in [7, 11) is -2.10. The Balaban J connectivity index is 1.93. The van der Waals surface area contributed by atoms with Gasteiger partial charge in [-0.25, -0.2) is 12.9 Å². The van der Waals surface area contributed by atoms with Crippen LogP contribution in [0, 0.1) is 6.92 Å². The van der Waals surface area contributed by atoms with Crippen LogP contribution in [0.5, 0.6) is 5.75 Å². The number of ether oxygens (including phenoxy) is 1. The second-order valence-corrected chi connectivity index (χ2v) is 6.54. The number of aryl methyl sites for hydroxylation is 1. The zero-order valence-electron chi connectivity index (χ0n) is 12.1. The molecule has 2 aromatic heterocycles. The van der Waals surface area contributed by atoms with Gasteiger partial charge in [0.1, 0.15) is 5.75 Å². The molecule has 3 rings (SSSR count). The quantitative estimate of drug-likeness (QED) is 0.802. The smallest absolute Gasteiger partial charge is 0.261 e. The molecule has 1 N–H and O–H groups in total. The summed E-state index contributed by atoms with van der Waals surface area (Å²) in [5, 5.41) is 4.07. The van der Waals surface area contributed by atoms with Gasteiger partial charge in [-0.1, -0.05) is 0 Å². The van der Waals surface area contributed by atoms with Gasteiger partial charge in [-0.2, -0.15) is 5.10 Å². The number of sulfonamides is 1. The van der Waals surface area contributed by atoms with E-state index in [0.717, 1.165) is 11.1 Å². The third-order valence-electron chi connectivity index (χ3n) is 3.33. The number of rotatable bonds is 4. The van der Waals surface area contributed by atoms with Crippen molar-refractivity contribution >= 4 is 21.2 Å². The molecule has 0 spiro atoms. The van der Waals surface area contributed by atoms with Crippen LogP contribution in [0.3, 0.4) is 0 Å². The summed E-state index contributed by atoms with van der Waals surface area (Å²) in [5.74, 6) is 0.652. The second kappa shape index (κ2) is 5.34. The Morgan fingerprint density at radius 3 is 2.73 bits per heavy atom. The van der Waals surface area contributed by atoms with Crippen LogP contribution < -0.4 is 9.46 Å². The molecule has 22 heavy (non-hydrogen) atoms. The lowest BCUT2D eigenvalue weighted by atomic mass is 10.2. The molecule has 0 amide bonds. The second-order valence-electron chi connectivity index (χ2n) is 4.85. The molecule has 0 aliphatic heterocycles. The monoisotopic (exact) mass is 317 g/mol. The van der Waals surface area contributed by atoms with Crippen LogP contribution >= 0.6 is 0 Å². The topological polar surface area (TPSA) is 72.7 Å². The minimum Gasteiger partial charge on any atom is -0.496 e. The average Bonchev–Trinajstić information content (AvgIpc) is 2.94. The highest BCUT2D eigenvalue weighted by atomic mass is 32.2. The fourth-order valence-electron chi connectivity index (χ4n) is 2.22. The minimum absolute atomic E-state index is 0.194. The van der Waals surface area contributed by atoms with Gasteiger partial charge in [0.2, 0.25) is 0 Å². The van der Waals surface area contributed by atoms with Crippen molar-refractivity contribution < 1.29 is 13.2 Å². The molecular formula is C15H15N3O3S. The van der Waals surface area contributed by atoms with Crippen LogP contribution in [-0.4, -0.2) is 25.1 Å². The number of fused-ring (bicyclic) bond motifs is 1. The van der Waals surface area contributed by atoms with E-state index in [1.807, 2.05) is 0 Å². The van der Waals surface area contributed by atoms with Crippen molar-refractivity contribution in [3.8, 4) is 5.75 Å². The summed E-state index contributed by atoms with van der Waals surface area (Å²) in [5.41, 5.74) is 2.06. The Labute approximate surface area is 128 Å². The molecule has 0 radical (unpaired) electrons. The zero-order valence-corrected chi connectivity index (χ0v) is 13.0. The zero-order chi connectivity index (χ0) is 15.7. The van der Waals surface area contributed by atoms with E-state index in [1.165, 1.54) is 6.07 Å². The van der Waals surface area contributed by atoms with E-state index in [2.05, 4.69) is 9.82 Å². The van der Waals surface area contributed by atoms with Gasteiger partial charge < -0.3 is 4.74 Å². The van der Waals surface area contributed by atoms with E-state index in [9.17, 15) is 8.42 Å². The molecule has 0 saturated carbocycles. The SMILES string of the molecule is COc1ccc(S(=O)(=O)Nc2ccn3nccc3c2)cc1C. The lowest BCUT2D eigenvalue weighted by Gasteiger charge is -2.10. The molecule has 0 saturated heterocycles. The average molecular weight is 317 g/mol. The number of nitrogens with one attached hydrogen (secondary N) is 1. The summed E-state index contributed by atoms with van der Waals surface area (Å²) in [4.78, 5) is 0.194. The van der Waals surface area contributed by atoms with Gasteiger partial charge in [-0.15, -0.1) is 0 Å². The van der Waals surface area contributed by atoms with E-state index < -0.39 is 10.0 Å². The van der Waals surface area contributed by atoms with Crippen LogP contribution in [0.25, 0.3) is 5.52 Å². The number of hydrogen-bond acceptors (Lipinski definition) is 4. The lowest BCUT2D eigenvalue weighted by Crippen LogP contribution is -2.13. The van der Waals surface area contributed by atoms with Gasteiger partial charge in [0, 0.05) is 12.4 Å². The van der Waals surface area contributed by atoms with Crippen molar-refractivity contribution in [3.63, 3.8) is 0 Å². The number of methoxy groups -OCH3 is 1. The number of anilines is 1. The number of aromatic nitrogens is 2. The number of pyridine rings is 1. The highest BCUT2D eigenvalue weighted by Crippen LogP contribution is 2.23. The van der Waals surface area contributed by atoms with E-state index in [0.29, 0.717) is 11.4 Å². The Morgan fingerprint density at radius 1 is 1.18 bits per heavy atom. The molecule has 0 atom stereocenters. The van der Waals surface area contributed by atoms with Crippen molar-refractivity contribution in [3.05, 3.63) is 54.4 Å². The molecule has 6 nitrogen and oxygen atoms in total.